The van der Waals surface area contributed by atoms with Gasteiger partial charge in [0.15, 0.2) is 0 Å². The molecule has 0 aromatic heterocycles. The molecule has 4 nitrogen and oxygen atoms in total. The van der Waals surface area contributed by atoms with Crippen molar-refractivity contribution in [3.63, 3.8) is 0 Å². The van der Waals surface area contributed by atoms with Crippen LogP contribution < -0.4 is 5.73 Å². The molecule has 0 saturated carbocycles. The lowest BCUT2D eigenvalue weighted by atomic mass is 10.0. The molecule has 4 heteroatoms. The molecule has 1 heterocycles. The minimum atomic E-state index is 0.125. The summed E-state index contributed by atoms with van der Waals surface area (Å²) in [5.74, 6) is 0.447. The number of fused-ring (bicyclic) bond motifs is 1. The lowest BCUT2D eigenvalue weighted by Crippen LogP contribution is -2.49. The van der Waals surface area contributed by atoms with E-state index in [1.807, 2.05) is 17.0 Å². The Morgan fingerprint density at radius 3 is 2.58 bits per heavy atom. The number of carbonyl (C=O) groups is 1. The van der Waals surface area contributed by atoms with Gasteiger partial charge in [0.25, 0.3) is 0 Å². The van der Waals surface area contributed by atoms with Crippen molar-refractivity contribution in [3.05, 3.63) is 29.3 Å². The van der Waals surface area contributed by atoms with Gasteiger partial charge in [-0.1, -0.05) is 6.07 Å². The Labute approximate surface area is 114 Å². The second kappa shape index (κ2) is 4.85. The number of benzene rings is 1. The highest BCUT2D eigenvalue weighted by molar-refractivity contribution is 5.80. The number of nitrogen functional groups attached to an aromatic ring is 1. The van der Waals surface area contributed by atoms with E-state index in [4.69, 9.17) is 5.73 Å². The third-order valence-electron chi connectivity index (χ3n) is 4.33. The maximum Gasteiger partial charge on any atom is 0.226 e. The molecule has 102 valence electrons. The van der Waals surface area contributed by atoms with Gasteiger partial charge in [0, 0.05) is 37.8 Å². The van der Waals surface area contributed by atoms with Crippen molar-refractivity contribution < 1.29 is 4.79 Å². The molecule has 0 radical (unpaired) electrons. The molecular weight excluding hydrogens is 238 g/mol. The van der Waals surface area contributed by atoms with Crippen molar-refractivity contribution in [2.24, 2.45) is 5.92 Å². The van der Waals surface area contributed by atoms with Crippen LogP contribution in [-0.2, 0) is 17.6 Å². The molecule has 0 unspecified atom stereocenters. The molecule has 3 rings (SSSR count). The first-order chi connectivity index (χ1) is 9.13. The molecule has 1 fully saturated rings. The summed E-state index contributed by atoms with van der Waals surface area (Å²) in [4.78, 5) is 16.8. The summed E-state index contributed by atoms with van der Waals surface area (Å²) in [6.45, 7) is 3.70. The second-order valence-electron chi connectivity index (χ2n) is 5.76. The van der Waals surface area contributed by atoms with Crippen LogP contribution in [0.25, 0.3) is 0 Å². The predicted molar refractivity (Wildman–Crippen MR) is 75.8 cm³/mol. The number of hydrogen-bond acceptors (Lipinski definition) is 3. The van der Waals surface area contributed by atoms with E-state index in [2.05, 4.69) is 18.0 Å². The molecule has 1 aromatic rings. The van der Waals surface area contributed by atoms with Gasteiger partial charge in [-0.2, -0.15) is 0 Å². The third-order valence-corrected chi connectivity index (χ3v) is 4.33. The van der Waals surface area contributed by atoms with E-state index in [1.165, 1.54) is 11.1 Å². The number of carbonyl (C=O) groups excluding carboxylic acids is 1. The monoisotopic (exact) mass is 259 g/mol. The standard InChI is InChI=1S/C15H21N3O/c1-17-4-6-18(7-5-17)15(19)13-8-11-2-3-14(16)10-12(11)9-13/h2-3,10,13H,4-9,16H2,1H3/t13-/m0/s1. The molecule has 0 spiro atoms. The SMILES string of the molecule is CN1CCN(C(=O)[C@H]2Cc3ccc(N)cc3C2)CC1. The predicted octanol–water partition coefficient (Wildman–Crippen LogP) is 0.758. The molecule has 2 N–H and O–H groups in total. The van der Waals surface area contributed by atoms with Gasteiger partial charge >= 0.3 is 0 Å². The van der Waals surface area contributed by atoms with E-state index in [1.54, 1.807) is 0 Å². The summed E-state index contributed by atoms with van der Waals surface area (Å²) in [6, 6.07) is 6.02. The average molecular weight is 259 g/mol. The highest BCUT2D eigenvalue weighted by Crippen LogP contribution is 2.29. The van der Waals surface area contributed by atoms with Crippen LogP contribution in [0.2, 0.25) is 0 Å². The van der Waals surface area contributed by atoms with E-state index < -0.39 is 0 Å². The fourth-order valence-corrected chi connectivity index (χ4v) is 3.10. The van der Waals surface area contributed by atoms with Crippen LogP contribution >= 0.6 is 0 Å². The zero-order chi connectivity index (χ0) is 13.4. The molecule has 1 aliphatic heterocycles. The first-order valence-corrected chi connectivity index (χ1v) is 6.98. The zero-order valence-corrected chi connectivity index (χ0v) is 11.4. The van der Waals surface area contributed by atoms with Crippen molar-refractivity contribution in [2.75, 3.05) is 39.0 Å². The first kappa shape index (κ1) is 12.5. The van der Waals surface area contributed by atoms with Crippen LogP contribution in [0.3, 0.4) is 0 Å². The number of piperazine rings is 1. The van der Waals surface area contributed by atoms with E-state index in [0.717, 1.165) is 44.7 Å². The summed E-state index contributed by atoms with van der Waals surface area (Å²) in [5.41, 5.74) is 9.16. The number of nitrogens with zero attached hydrogens (tertiary/aromatic N) is 2. The molecular formula is C15H21N3O. The molecule has 1 saturated heterocycles. The number of anilines is 1. The van der Waals surface area contributed by atoms with Gasteiger partial charge < -0.3 is 15.5 Å². The van der Waals surface area contributed by atoms with Crippen molar-refractivity contribution in [1.29, 1.82) is 0 Å². The Morgan fingerprint density at radius 1 is 1.16 bits per heavy atom. The van der Waals surface area contributed by atoms with Crippen LogP contribution in [0.4, 0.5) is 5.69 Å². The highest BCUT2D eigenvalue weighted by Gasteiger charge is 2.31. The fourth-order valence-electron chi connectivity index (χ4n) is 3.10. The Hall–Kier alpha value is -1.55. The van der Waals surface area contributed by atoms with Gasteiger partial charge in [-0.3, -0.25) is 4.79 Å². The summed E-state index contributed by atoms with van der Waals surface area (Å²) < 4.78 is 0. The zero-order valence-electron chi connectivity index (χ0n) is 11.4. The Balaban J connectivity index is 1.67. The minimum Gasteiger partial charge on any atom is -0.399 e. The van der Waals surface area contributed by atoms with Crippen molar-refractivity contribution >= 4 is 11.6 Å². The number of rotatable bonds is 1. The molecule has 2 aliphatic rings. The molecule has 19 heavy (non-hydrogen) atoms. The maximum atomic E-state index is 12.5. The summed E-state index contributed by atoms with van der Waals surface area (Å²) >= 11 is 0. The van der Waals surface area contributed by atoms with Crippen LogP contribution in [0.5, 0.6) is 0 Å². The highest BCUT2D eigenvalue weighted by atomic mass is 16.2. The van der Waals surface area contributed by atoms with Crippen molar-refractivity contribution in [2.45, 2.75) is 12.8 Å². The van der Waals surface area contributed by atoms with Gasteiger partial charge in [-0.05, 0) is 43.1 Å². The van der Waals surface area contributed by atoms with Crippen LogP contribution in [0, 0.1) is 5.92 Å². The maximum absolute atomic E-state index is 12.5. The lowest BCUT2D eigenvalue weighted by molar-refractivity contribution is -0.136. The summed E-state index contributed by atoms with van der Waals surface area (Å²) in [5, 5.41) is 0. The summed E-state index contributed by atoms with van der Waals surface area (Å²) in [6.07, 6.45) is 1.73. The number of nitrogens with two attached hydrogens (primary N) is 1. The van der Waals surface area contributed by atoms with Crippen molar-refractivity contribution in [1.82, 2.24) is 9.80 Å². The van der Waals surface area contributed by atoms with E-state index >= 15 is 0 Å². The second-order valence-corrected chi connectivity index (χ2v) is 5.76. The number of amides is 1. The van der Waals surface area contributed by atoms with Crippen molar-refractivity contribution in [3.8, 4) is 0 Å². The molecule has 1 aromatic carbocycles. The fraction of sp³-hybridized carbons (Fsp3) is 0.533. The molecule has 1 aliphatic carbocycles. The minimum absolute atomic E-state index is 0.125. The number of likely N-dealkylation sites (N-methyl/N-ethyl adjacent to an activating group) is 1. The van der Waals surface area contributed by atoms with Gasteiger partial charge in [-0.15, -0.1) is 0 Å². The third kappa shape index (κ3) is 2.45. The van der Waals surface area contributed by atoms with Crippen LogP contribution in [0.15, 0.2) is 18.2 Å². The Bertz CT molecular complexity index is 492. The van der Waals surface area contributed by atoms with E-state index in [-0.39, 0.29) is 5.92 Å². The average Bonchev–Trinajstić information content (AvgIpc) is 2.81. The molecule has 1 amide bonds. The smallest absolute Gasteiger partial charge is 0.226 e. The first-order valence-electron chi connectivity index (χ1n) is 6.98. The number of hydrogen-bond donors (Lipinski definition) is 1. The quantitative estimate of drug-likeness (QED) is 0.757. The Kier molecular flexibility index (Phi) is 3.19. The lowest BCUT2D eigenvalue weighted by Gasteiger charge is -2.34. The van der Waals surface area contributed by atoms with Crippen LogP contribution in [-0.4, -0.2) is 48.9 Å². The van der Waals surface area contributed by atoms with Gasteiger partial charge in [0.2, 0.25) is 5.91 Å². The van der Waals surface area contributed by atoms with Crippen LogP contribution in [0.1, 0.15) is 11.1 Å². The molecule has 1 atom stereocenters. The van der Waals surface area contributed by atoms with Gasteiger partial charge in [0.05, 0.1) is 0 Å². The largest absolute Gasteiger partial charge is 0.399 e. The summed E-state index contributed by atoms with van der Waals surface area (Å²) in [7, 11) is 2.11. The Morgan fingerprint density at radius 2 is 1.84 bits per heavy atom. The topological polar surface area (TPSA) is 49.6 Å². The van der Waals surface area contributed by atoms with E-state index in [9.17, 15) is 4.79 Å². The van der Waals surface area contributed by atoms with Gasteiger partial charge in [-0.25, -0.2) is 0 Å². The normalized spacial score (nSPS) is 23.4. The molecule has 0 bridgehead atoms. The van der Waals surface area contributed by atoms with E-state index in [0.29, 0.717) is 5.91 Å². The van der Waals surface area contributed by atoms with Gasteiger partial charge in [0.1, 0.15) is 0 Å².